The Morgan fingerprint density at radius 3 is 2.50 bits per heavy atom. The molecule has 18 heavy (non-hydrogen) atoms. The molecule has 0 N–H and O–H groups in total. The molecule has 0 aromatic rings. The SMILES string of the molecule is C=CC=CCC(CCCCC)OC(=O)C(C)(C)C. The molecule has 0 aliphatic rings. The Morgan fingerprint density at radius 1 is 1.33 bits per heavy atom. The molecule has 0 aliphatic carbocycles. The second-order valence-corrected chi connectivity index (χ2v) is 5.67. The van der Waals surface area contributed by atoms with Crippen LogP contribution in [0.25, 0.3) is 0 Å². The smallest absolute Gasteiger partial charge is 0.311 e. The molecular weight excluding hydrogens is 224 g/mol. The van der Waals surface area contributed by atoms with Crippen LogP contribution < -0.4 is 0 Å². The van der Waals surface area contributed by atoms with Gasteiger partial charge in [0.15, 0.2) is 0 Å². The van der Waals surface area contributed by atoms with Crippen molar-refractivity contribution in [1.29, 1.82) is 0 Å². The number of rotatable bonds is 8. The van der Waals surface area contributed by atoms with Crippen molar-refractivity contribution in [3.8, 4) is 0 Å². The lowest BCUT2D eigenvalue weighted by atomic mass is 9.97. The number of unbranched alkanes of at least 4 members (excludes halogenated alkanes) is 2. The van der Waals surface area contributed by atoms with Gasteiger partial charge in [-0.3, -0.25) is 4.79 Å². The second kappa shape index (κ2) is 8.96. The molecule has 1 atom stereocenters. The number of esters is 1. The Balaban J connectivity index is 4.31. The highest BCUT2D eigenvalue weighted by Gasteiger charge is 2.25. The maximum absolute atomic E-state index is 11.9. The fourth-order valence-electron chi connectivity index (χ4n) is 1.50. The molecule has 0 saturated heterocycles. The van der Waals surface area contributed by atoms with E-state index in [1.165, 1.54) is 12.8 Å². The summed E-state index contributed by atoms with van der Waals surface area (Å²) in [6.45, 7) is 11.5. The van der Waals surface area contributed by atoms with E-state index < -0.39 is 5.41 Å². The first-order chi connectivity index (χ1) is 8.41. The summed E-state index contributed by atoms with van der Waals surface area (Å²) in [5.41, 5.74) is -0.425. The minimum absolute atomic E-state index is 0.000486. The largest absolute Gasteiger partial charge is 0.462 e. The summed E-state index contributed by atoms with van der Waals surface area (Å²) in [4.78, 5) is 11.9. The summed E-state index contributed by atoms with van der Waals surface area (Å²) < 4.78 is 5.58. The normalized spacial score (nSPS) is 13.6. The van der Waals surface area contributed by atoms with Crippen molar-refractivity contribution < 1.29 is 9.53 Å². The first-order valence-electron chi connectivity index (χ1n) is 6.90. The highest BCUT2D eigenvalue weighted by atomic mass is 16.5. The summed E-state index contributed by atoms with van der Waals surface area (Å²) in [6, 6.07) is 0. The first kappa shape index (κ1) is 16.9. The molecule has 0 bridgehead atoms. The van der Waals surface area contributed by atoms with E-state index >= 15 is 0 Å². The maximum atomic E-state index is 11.9. The monoisotopic (exact) mass is 252 g/mol. The van der Waals surface area contributed by atoms with Crippen LogP contribution >= 0.6 is 0 Å². The minimum atomic E-state index is -0.425. The molecule has 2 heteroatoms. The van der Waals surface area contributed by atoms with Crippen LogP contribution in [-0.2, 0) is 9.53 Å². The van der Waals surface area contributed by atoms with Crippen molar-refractivity contribution in [3.05, 3.63) is 24.8 Å². The minimum Gasteiger partial charge on any atom is -0.462 e. The van der Waals surface area contributed by atoms with Gasteiger partial charge in [0.25, 0.3) is 0 Å². The first-order valence-corrected chi connectivity index (χ1v) is 6.90. The predicted molar refractivity (Wildman–Crippen MR) is 77.4 cm³/mol. The lowest BCUT2D eigenvalue weighted by Crippen LogP contribution is -2.28. The van der Waals surface area contributed by atoms with Gasteiger partial charge in [-0.25, -0.2) is 0 Å². The standard InChI is InChI=1S/C16H28O2/c1-6-8-10-12-14(13-11-9-7-2)18-15(17)16(3,4)5/h6,8,10,14H,1,7,9,11-13H2,2-5H3. The third-order valence-electron chi connectivity index (χ3n) is 2.69. The van der Waals surface area contributed by atoms with E-state index in [9.17, 15) is 4.79 Å². The van der Waals surface area contributed by atoms with Gasteiger partial charge in [-0.15, -0.1) is 0 Å². The van der Waals surface area contributed by atoms with Gasteiger partial charge in [0.2, 0.25) is 0 Å². The van der Waals surface area contributed by atoms with E-state index in [-0.39, 0.29) is 12.1 Å². The van der Waals surface area contributed by atoms with Crippen LogP contribution in [0.1, 0.15) is 59.8 Å². The van der Waals surface area contributed by atoms with E-state index in [0.29, 0.717) is 0 Å². The Hall–Kier alpha value is -1.05. The number of carbonyl (C=O) groups is 1. The molecule has 0 heterocycles. The van der Waals surface area contributed by atoms with Crippen LogP contribution in [0.2, 0.25) is 0 Å². The molecule has 2 nitrogen and oxygen atoms in total. The average Bonchev–Trinajstić information content (AvgIpc) is 2.28. The summed E-state index contributed by atoms with van der Waals surface area (Å²) >= 11 is 0. The molecule has 0 aromatic heterocycles. The highest BCUT2D eigenvalue weighted by Crippen LogP contribution is 2.20. The maximum Gasteiger partial charge on any atom is 0.311 e. The molecule has 0 saturated carbocycles. The van der Waals surface area contributed by atoms with Crippen LogP contribution in [0, 0.1) is 5.41 Å². The molecule has 0 radical (unpaired) electrons. The molecule has 1 unspecified atom stereocenters. The Labute approximate surface area is 112 Å². The number of ether oxygens (including phenoxy) is 1. The molecule has 0 fully saturated rings. The zero-order valence-electron chi connectivity index (χ0n) is 12.4. The average molecular weight is 252 g/mol. The van der Waals surface area contributed by atoms with Crippen molar-refractivity contribution in [3.63, 3.8) is 0 Å². The molecular formula is C16H28O2. The van der Waals surface area contributed by atoms with Crippen molar-refractivity contribution >= 4 is 5.97 Å². The fraction of sp³-hybridized carbons (Fsp3) is 0.688. The van der Waals surface area contributed by atoms with Crippen LogP contribution in [0.4, 0.5) is 0 Å². The van der Waals surface area contributed by atoms with Crippen LogP contribution in [0.3, 0.4) is 0 Å². The summed E-state index contributed by atoms with van der Waals surface area (Å²) in [5.74, 6) is -0.115. The van der Waals surface area contributed by atoms with Crippen molar-refractivity contribution in [2.45, 2.75) is 65.9 Å². The molecule has 0 spiro atoms. The van der Waals surface area contributed by atoms with Gasteiger partial charge >= 0.3 is 5.97 Å². The van der Waals surface area contributed by atoms with Gasteiger partial charge in [0, 0.05) is 6.42 Å². The Kier molecular flexibility index (Phi) is 8.43. The van der Waals surface area contributed by atoms with E-state index in [2.05, 4.69) is 13.5 Å². The van der Waals surface area contributed by atoms with E-state index in [0.717, 1.165) is 19.3 Å². The molecule has 0 amide bonds. The summed E-state index contributed by atoms with van der Waals surface area (Å²) in [5, 5.41) is 0. The lowest BCUT2D eigenvalue weighted by Gasteiger charge is -2.22. The summed E-state index contributed by atoms with van der Waals surface area (Å²) in [6.07, 6.45) is 10.9. The van der Waals surface area contributed by atoms with Crippen molar-refractivity contribution in [2.75, 3.05) is 0 Å². The zero-order chi connectivity index (χ0) is 14.0. The van der Waals surface area contributed by atoms with Gasteiger partial charge < -0.3 is 4.74 Å². The van der Waals surface area contributed by atoms with Gasteiger partial charge in [0.1, 0.15) is 6.10 Å². The van der Waals surface area contributed by atoms with E-state index in [1.54, 1.807) is 6.08 Å². The number of hydrogen-bond donors (Lipinski definition) is 0. The number of hydrogen-bond acceptors (Lipinski definition) is 2. The van der Waals surface area contributed by atoms with Gasteiger partial charge in [0.05, 0.1) is 5.41 Å². The third kappa shape index (κ3) is 8.10. The van der Waals surface area contributed by atoms with Gasteiger partial charge in [-0.05, 0) is 33.6 Å². The van der Waals surface area contributed by atoms with Crippen LogP contribution in [-0.4, -0.2) is 12.1 Å². The predicted octanol–water partition coefficient (Wildman–Crippen LogP) is 4.66. The fourth-order valence-corrected chi connectivity index (χ4v) is 1.50. The van der Waals surface area contributed by atoms with Gasteiger partial charge in [-0.1, -0.05) is 44.6 Å². The topological polar surface area (TPSA) is 26.3 Å². The number of allylic oxidation sites excluding steroid dienone is 2. The number of carbonyl (C=O) groups excluding carboxylic acids is 1. The second-order valence-electron chi connectivity index (χ2n) is 5.67. The van der Waals surface area contributed by atoms with Crippen molar-refractivity contribution in [2.24, 2.45) is 5.41 Å². The highest BCUT2D eigenvalue weighted by molar-refractivity contribution is 5.75. The Bertz CT molecular complexity index is 271. The molecule has 0 aromatic carbocycles. The van der Waals surface area contributed by atoms with Crippen LogP contribution in [0.5, 0.6) is 0 Å². The molecule has 0 rings (SSSR count). The van der Waals surface area contributed by atoms with Crippen LogP contribution in [0.15, 0.2) is 24.8 Å². The van der Waals surface area contributed by atoms with Crippen molar-refractivity contribution in [1.82, 2.24) is 0 Å². The quantitative estimate of drug-likeness (QED) is 0.357. The van der Waals surface area contributed by atoms with Gasteiger partial charge in [-0.2, -0.15) is 0 Å². The van der Waals surface area contributed by atoms with E-state index in [4.69, 9.17) is 4.74 Å². The van der Waals surface area contributed by atoms with E-state index in [1.807, 2.05) is 32.9 Å². The zero-order valence-corrected chi connectivity index (χ0v) is 12.4. The summed E-state index contributed by atoms with van der Waals surface area (Å²) in [7, 11) is 0. The Morgan fingerprint density at radius 2 is 2.00 bits per heavy atom. The molecule has 0 aliphatic heterocycles. The third-order valence-corrected chi connectivity index (χ3v) is 2.69. The molecule has 104 valence electrons. The lowest BCUT2D eigenvalue weighted by molar-refractivity contribution is -0.158.